The van der Waals surface area contributed by atoms with Crippen LogP contribution < -0.4 is 21.3 Å². The lowest BCUT2D eigenvalue weighted by Gasteiger charge is -2.37. The summed E-state index contributed by atoms with van der Waals surface area (Å²) in [6, 6.07) is 0. The fraction of sp³-hybridized carbons (Fsp3) is 1.00. The summed E-state index contributed by atoms with van der Waals surface area (Å²) in [6.45, 7) is 27.9. The number of nitrogens with one attached hydrogen (secondary N) is 4. The van der Waals surface area contributed by atoms with Crippen LogP contribution in [0.25, 0.3) is 0 Å². The Morgan fingerprint density at radius 1 is 0.328 bits per heavy atom. The molecule has 0 aromatic heterocycles. The lowest BCUT2D eigenvalue weighted by atomic mass is 9.69. The second-order valence-corrected chi connectivity index (χ2v) is 21.0. The molecule has 10 unspecified atom stereocenters. The van der Waals surface area contributed by atoms with E-state index in [-0.39, 0.29) is 50.3 Å². The second kappa shape index (κ2) is 53.6. The molecule has 0 aromatic carbocycles. The molecule has 67 heavy (non-hydrogen) atoms. The number of aliphatic hydroxyl groups excluding tert-OH is 2. The third-order valence-corrected chi connectivity index (χ3v) is 16.5. The van der Waals surface area contributed by atoms with Crippen molar-refractivity contribution in [2.24, 2.45) is 59.2 Å². The zero-order valence-electron chi connectivity index (χ0n) is 43.5. The maximum absolute atomic E-state index is 8.58. The lowest BCUT2D eigenvalue weighted by molar-refractivity contribution is 0.0459. The highest BCUT2D eigenvalue weighted by atomic mass is 16.3. The van der Waals surface area contributed by atoms with Crippen molar-refractivity contribution in [2.75, 3.05) is 65.6 Å². The Morgan fingerprint density at radius 3 is 0.866 bits per heavy atom. The van der Waals surface area contributed by atoms with Gasteiger partial charge in [0.15, 0.2) is 0 Å². The van der Waals surface area contributed by atoms with Crippen LogP contribution in [-0.4, -0.2) is 75.8 Å². The van der Waals surface area contributed by atoms with Crippen LogP contribution in [0.4, 0.5) is 0 Å². The molecule has 412 valence electrons. The summed E-state index contributed by atoms with van der Waals surface area (Å²) in [7, 11) is 0. The smallest absolute Gasteiger partial charge is 0.0462 e. The highest BCUT2D eigenvalue weighted by molar-refractivity contribution is 4.84. The Hall–Kier alpha value is -0.240. The molecule has 6 N–H and O–H groups in total. The van der Waals surface area contributed by atoms with Crippen molar-refractivity contribution < 1.29 is 10.2 Å². The van der Waals surface area contributed by atoms with Crippen LogP contribution in [0.2, 0.25) is 0 Å². The van der Waals surface area contributed by atoms with Crippen LogP contribution in [0.5, 0.6) is 0 Å². The molecule has 5 fully saturated rings. The average molecular weight is 958 g/mol. The predicted octanol–water partition coefficient (Wildman–Crippen LogP) is 16.8. The Bertz CT molecular complexity index is 779. The lowest BCUT2D eigenvalue weighted by Crippen LogP contribution is -2.41. The largest absolute Gasteiger partial charge is 0.396 e. The molecular weight excluding hydrogens is 821 g/mol. The van der Waals surface area contributed by atoms with Gasteiger partial charge >= 0.3 is 0 Å². The van der Waals surface area contributed by atoms with Gasteiger partial charge in [-0.25, -0.2) is 0 Å². The molecule has 5 saturated carbocycles. The van der Waals surface area contributed by atoms with Crippen LogP contribution in [0.1, 0.15) is 272 Å². The van der Waals surface area contributed by atoms with E-state index in [2.05, 4.69) is 76.7 Å². The van der Waals surface area contributed by atoms with E-state index in [9.17, 15) is 0 Å². The first-order chi connectivity index (χ1) is 30.3. The van der Waals surface area contributed by atoms with Gasteiger partial charge in [-0.3, -0.25) is 0 Å². The summed E-state index contributed by atoms with van der Waals surface area (Å²) < 4.78 is 0. The fourth-order valence-electron chi connectivity index (χ4n) is 10.2. The minimum Gasteiger partial charge on any atom is -0.396 e. The third kappa shape index (κ3) is 37.2. The molecule has 6 heteroatoms. The number of hydrogen-bond donors (Lipinski definition) is 6. The van der Waals surface area contributed by atoms with Crippen LogP contribution >= 0.6 is 0 Å². The number of aliphatic hydroxyl groups is 2. The van der Waals surface area contributed by atoms with Crippen molar-refractivity contribution >= 4 is 0 Å². The number of unbranched alkanes of at least 4 members (excludes halogenated alkanes) is 10. The first kappa shape index (κ1) is 75.7. The van der Waals surface area contributed by atoms with E-state index in [0.717, 1.165) is 99.5 Å². The van der Waals surface area contributed by atoms with Crippen LogP contribution in [0, 0.1) is 59.2 Å². The summed E-state index contributed by atoms with van der Waals surface area (Å²) >= 11 is 0. The maximum atomic E-state index is 8.58. The minimum atomic E-state index is 0. The van der Waals surface area contributed by atoms with Crippen molar-refractivity contribution in [1.82, 2.24) is 21.3 Å². The Labute approximate surface area is 426 Å². The molecule has 0 aliphatic heterocycles. The molecule has 0 aromatic rings. The second-order valence-electron chi connectivity index (χ2n) is 21.0. The van der Waals surface area contributed by atoms with E-state index in [4.69, 9.17) is 10.2 Å². The van der Waals surface area contributed by atoms with Crippen LogP contribution in [0.15, 0.2) is 0 Å². The average Bonchev–Trinajstić information content (AvgIpc) is 3.24. The molecule has 10 atom stereocenters. The Morgan fingerprint density at radius 2 is 0.627 bits per heavy atom. The van der Waals surface area contributed by atoms with Gasteiger partial charge in [-0.05, 0) is 176 Å². The first-order valence-electron chi connectivity index (χ1n) is 28.4. The van der Waals surface area contributed by atoms with E-state index in [1.54, 1.807) is 25.7 Å². The molecule has 0 heterocycles. The van der Waals surface area contributed by atoms with E-state index in [1.807, 2.05) is 0 Å². The molecule has 5 rings (SSSR count). The highest BCUT2D eigenvalue weighted by Gasteiger charge is 2.31. The molecule has 0 spiro atoms. The predicted molar refractivity (Wildman–Crippen MR) is 309 cm³/mol. The molecule has 6 nitrogen and oxygen atoms in total. The Balaban J connectivity index is -0.000000252. The highest BCUT2D eigenvalue weighted by Crippen LogP contribution is 2.41. The van der Waals surface area contributed by atoms with Crippen molar-refractivity contribution in [1.29, 1.82) is 0 Å². The van der Waals surface area contributed by atoms with Crippen LogP contribution in [-0.2, 0) is 0 Å². The van der Waals surface area contributed by atoms with E-state index < -0.39 is 0 Å². The van der Waals surface area contributed by atoms with Gasteiger partial charge in [0.2, 0.25) is 0 Å². The fourth-order valence-corrected chi connectivity index (χ4v) is 10.2. The summed E-state index contributed by atoms with van der Waals surface area (Å²) in [5.74, 6) is 9.13. The number of hydrogen-bond acceptors (Lipinski definition) is 6. The minimum absolute atomic E-state index is 0. The molecule has 0 saturated heterocycles. The molecule has 5 aliphatic rings. The summed E-state index contributed by atoms with van der Waals surface area (Å²) in [5, 5.41) is 31.1. The standard InChI is InChI=1S/C20H40.C16H36N4.C8H16.C6H12O2.C6H12.5CH4/c1-3-5-7-9-11-13-15-19-17-18-20(19)16-14-12-10-8-6-4-2;1-3-17-9-5-11-19-13-15-7-8-16(15)14-20-12-6-10-18-4-2;1-3-7-5-6-8(7)4-2;7-3-5-1-2-6(5)4-8;1-5-3-4-6(5)2;;;;;/h19-20H,3-18H2,1-2H3;15-20H,3-14H2,1-2H3;7-8H,3-6H2,1-2H3;5-8H,1-4H2;5-6H,3-4H2,1-2H3;5*1H4. The summed E-state index contributed by atoms with van der Waals surface area (Å²) in [5.41, 5.74) is 0. The van der Waals surface area contributed by atoms with Gasteiger partial charge in [0.25, 0.3) is 0 Å². The SMILES string of the molecule is C.C.C.C.C.CC1CCC1C.CCC1CCC1CC.CCCCCCCCC1CCC1CCCCCCCC.CCNCCCNCC1CCC1CNCCCNCC.OCC1CCC1CO. The third-order valence-electron chi connectivity index (χ3n) is 16.5. The van der Waals surface area contributed by atoms with Gasteiger partial charge in [0.05, 0.1) is 0 Å². The monoisotopic (exact) mass is 957 g/mol. The topological polar surface area (TPSA) is 88.6 Å². The first-order valence-corrected chi connectivity index (χ1v) is 28.4. The van der Waals surface area contributed by atoms with Crippen LogP contribution in [0.3, 0.4) is 0 Å². The molecule has 0 bridgehead atoms. The zero-order valence-corrected chi connectivity index (χ0v) is 43.5. The van der Waals surface area contributed by atoms with Crippen molar-refractivity contribution in [3.8, 4) is 0 Å². The van der Waals surface area contributed by atoms with Gasteiger partial charge in [-0.1, -0.05) is 208 Å². The zero-order chi connectivity index (χ0) is 45.5. The van der Waals surface area contributed by atoms with E-state index in [0.29, 0.717) is 11.8 Å². The van der Waals surface area contributed by atoms with E-state index >= 15 is 0 Å². The van der Waals surface area contributed by atoms with Gasteiger partial charge in [0, 0.05) is 13.2 Å². The van der Waals surface area contributed by atoms with Crippen molar-refractivity contribution in [3.05, 3.63) is 0 Å². The quantitative estimate of drug-likeness (QED) is 0.0377. The Kier molecular flexibility index (Phi) is 60.5. The van der Waals surface area contributed by atoms with Gasteiger partial charge in [0.1, 0.15) is 0 Å². The normalized spacial score (nSPS) is 25.9. The van der Waals surface area contributed by atoms with E-state index in [1.165, 1.54) is 154 Å². The van der Waals surface area contributed by atoms with Gasteiger partial charge < -0.3 is 31.5 Å². The summed E-state index contributed by atoms with van der Waals surface area (Å²) in [6.07, 6.45) is 40.1. The molecular formula is C61H136N4O2. The van der Waals surface area contributed by atoms with Gasteiger partial charge in [-0.2, -0.15) is 0 Å². The summed E-state index contributed by atoms with van der Waals surface area (Å²) in [4.78, 5) is 0. The molecule has 0 radical (unpaired) electrons. The van der Waals surface area contributed by atoms with Gasteiger partial charge in [-0.15, -0.1) is 0 Å². The van der Waals surface area contributed by atoms with Crippen molar-refractivity contribution in [2.45, 2.75) is 272 Å². The maximum Gasteiger partial charge on any atom is 0.0462 e. The molecule has 5 aliphatic carbocycles. The molecule has 0 amide bonds. The number of rotatable bonds is 32. The van der Waals surface area contributed by atoms with Crippen molar-refractivity contribution in [3.63, 3.8) is 0 Å².